The molecular weight excluding hydrogens is 320 g/mol. The molecule has 2 amide bonds. The zero-order chi connectivity index (χ0) is 18.8. The molecule has 0 aromatic heterocycles. The van der Waals surface area contributed by atoms with E-state index < -0.39 is 11.6 Å². The maximum Gasteiger partial charge on any atom is 0.405 e. The van der Waals surface area contributed by atoms with E-state index in [1.807, 2.05) is 4.90 Å². The Hall–Kier alpha value is -1.30. The van der Waals surface area contributed by atoms with E-state index in [0.717, 1.165) is 12.8 Å². The van der Waals surface area contributed by atoms with Crippen LogP contribution in [0.25, 0.3) is 0 Å². The zero-order valence-electron chi connectivity index (χ0n) is 16.3. The lowest BCUT2D eigenvalue weighted by molar-refractivity contribution is -0.148. The topological polar surface area (TPSA) is 78.9 Å². The highest BCUT2D eigenvalue weighted by molar-refractivity contribution is 5.79. The second-order valence-electron chi connectivity index (χ2n) is 8.95. The van der Waals surface area contributed by atoms with Crippen molar-refractivity contribution < 1.29 is 19.4 Å². The molecule has 0 bridgehead atoms. The first-order chi connectivity index (χ1) is 11.6. The number of ether oxygens (including phenoxy) is 1. The molecule has 0 aromatic rings. The average molecular weight is 354 g/mol. The molecule has 1 saturated carbocycles. The first kappa shape index (κ1) is 20.0. The molecule has 6 nitrogen and oxygen atoms in total. The fourth-order valence-electron chi connectivity index (χ4n) is 4.31. The van der Waals surface area contributed by atoms with Crippen LogP contribution in [0.5, 0.6) is 0 Å². The van der Waals surface area contributed by atoms with E-state index in [1.165, 1.54) is 0 Å². The van der Waals surface area contributed by atoms with Crippen LogP contribution < -0.4 is 5.32 Å². The van der Waals surface area contributed by atoms with Crippen LogP contribution in [-0.4, -0.2) is 53.3 Å². The summed E-state index contributed by atoms with van der Waals surface area (Å²) in [6.07, 6.45) is 1.90. The Morgan fingerprint density at radius 3 is 2.32 bits per heavy atom. The maximum absolute atomic E-state index is 13.1. The van der Waals surface area contributed by atoms with Crippen LogP contribution in [0.1, 0.15) is 60.3 Å². The SMILES string of the molecule is CC(C)C1COCCN1C(=O)C1CCC(NC(=O)O)(C(C)(C)C)CC1. The van der Waals surface area contributed by atoms with Gasteiger partial charge in [-0.25, -0.2) is 4.79 Å². The normalized spacial score (nSPS) is 31.0. The van der Waals surface area contributed by atoms with Crippen molar-refractivity contribution in [3.05, 3.63) is 0 Å². The summed E-state index contributed by atoms with van der Waals surface area (Å²) < 4.78 is 5.56. The minimum Gasteiger partial charge on any atom is -0.465 e. The molecule has 1 aliphatic carbocycles. The summed E-state index contributed by atoms with van der Waals surface area (Å²) in [5, 5.41) is 12.0. The van der Waals surface area contributed by atoms with E-state index >= 15 is 0 Å². The number of amides is 2. The number of carbonyl (C=O) groups is 2. The van der Waals surface area contributed by atoms with E-state index in [4.69, 9.17) is 4.74 Å². The molecule has 6 heteroatoms. The number of nitrogens with zero attached hydrogens (tertiary/aromatic N) is 1. The number of carboxylic acid groups (broad SMARTS) is 1. The molecule has 2 N–H and O–H groups in total. The van der Waals surface area contributed by atoms with Gasteiger partial charge in [0.1, 0.15) is 0 Å². The zero-order valence-corrected chi connectivity index (χ0v) is 16.3. The highest BCUT2D eigenvalue weighted by Gasteiger charge is 2.47. The third kappa shape index (κ3) is 4.27. The summed E-state index contributed by atoms with van der Waals surface area (Å²) >= 11 is 0. The predicted molar refractivity (Wildman–Crippen MR) is 96.5 cm³/mol. The Morgan fingerprint density at radius 2 is 1.84 bits per heavy atom. The van der Waals surface area contributed by atoms with Gasteiger partial charge in [0.2, 0.25) is 5.91 Å². The van der Waals surface area contributed by atoms with Crippen molar-refractivity contribution in [2.75, 3.05) is 19.8 Å². The van der Waals surface area contributed by atoms with Crippen LogP contribution in [0.4, 0.5) is 4.79 Å². The standard InChI is InChI=1S/C19H34N2O4/c1-13(2)15-12-25-11-10-21(15)16(22)14-6-8-19(9-7-14,18(3,4)5)20-17(23)24/h13-15,20H,6-12H2,1-5H3,(H,23,24). The minimum atomic E-state index is -0.979. The van der Waals surface area contributed by atoms with Crippen molar-refractivity contribution in [3.63, 3.8) is 0 Å². The molecule has 2 fully saturated rings. The molecule has 1 heterocycles. The maximum atomic E-state index is 13.1. The lowest BCUT2D eigenvalue weighted by Gasteiger charge is -2.49. The summed E-state index contributed by atoms with van der Waals surface area (Å²) in [6.45, 7) is 12.3. The average Bonchev–Trinajstić information content (AvgIpc) is 2.53. The van der Waals surface area contributed by atoms with E-state index in [2.05, 4.69) is 39.9 Å². The number of rotatable bonds is 3. The molecule has 0 aromatic carbocycles. The fraction of sp³-hybridized carbons (Fsp3) is 0.895. The van der Waals surface area contributed by atoms with Gasteiger partial charge in [-0.1, -0.05) is 34.6 Å². The minimum absolute atomic E-state index is 0.00887. The van der Waals surface area contributed by atoms with Gasteiger partial charge in [0, 0.05) is 18.0 Å². The molecule has 0 spiro atoms. The van der Waals surface area contributed by atoms with Crippen LogP contribution in [0, 0.1) is 17.3 Å². The molecule has 1 unspecified atom stereocenters. The summed E-state index contributed by atoms with van der Waals surface area (Å²) in [5.74, 6) is 0.584. The number of nitrogens with one attached hydrogen (secondary N) is 1. The molecule has 144 valence electrons. The van der Waals surface area contributed by atoms with Crippen LogP contribution in [-0.2, 0) is 9.53 Å². The fourth-order valence-corrected chi connectivity index (χ4v) is 4.31. The number of morpholine rings is 1. The molecule has 2 rings (SSSR count). The van der Waals surface area contributed by atoms with Gasteiger partial charge in [0.15, 0.2) is 0 Å². The Balaban J connectivity index is 2.07. The monoisotopic (exact) mass is 354 g/mol. The van der Waals surface area contributed by atoms with Gasteiger partial charge in [-0.2, -0.15) is 0 Å². The van der Waals surface area contributed by atoms with Gasteiger partial charge >= 0.3 is 6.09 Å². The second-order valence-corrected chi connectivity index (χ2v) is 8.95. The summed E-state index contributed by atoms with van der Waals surface area (Å²) in [7, 11) is 0. The lowest BCUT2D eigenvalue weighted by Crippen LogP contribution is -2.60. The largest absolute Gasteiger partial charge is 0.465 e. The number of carbonyl (C=O) groups excluding carboxylic acids is 1. The van der Waals surface area contributed by atoms with Gasteiger partial charge in [0.25, 0.3) is 0 Å². The smallest absolute Gasteiger partial charge is 0.405 e. The molecular formula is C19H34N2O4. The first-order valence-electron chi connectivity index (χ1n) is 9.47. The van der Waals surface area contributed by atoms with E-state index in [1.54, 1.807) is 0 Å². The van der Waals surface area contributed by atoms with Crippen molar-refractivity contribution in [1.82, 2.24) is 10.2 Å². The molecule has 0 radical (unpaired) electrons. The Labute approximate surface area is 151 Å². The van der Waals surface area contributed by atoms with Crippen molar-refractivity contribution in [2.45, 2.75) is 71.9 Å². The summed E-state index contributed by atoms with van der Waals surface area (Å²) in [5.41, 5.74) is -0.642. The first-order valence-corrected chi connectivity index (χ1v) is 9.47. The van der Waals surface area contributed by atoms with Crippen molar-refractivity contribution in [2.24, 2.45) is 17.3 Å². The molecule has 1 aliphatic heterocycles. The molecule has 1 atom stereocenters. The van der Waals surface area contributed by atoms with E-state index in [9.17, 15) is 14.7 Å². The van der Waals surface area contributed by atoms with Crippen LogP contribution >= 0.6 is 0 Å². The quantitative estimate of drug-likeness (QED) is 0.816. The van der Waals surface area contributed by atoms with E-state index in [-0.39, 0.29) is 23.3 Å². The molecule has 1 saturated heterocycles. The Morgan fingerprint density at radius 1 is 1.24 bits per heavy atom. The third-order valence-corrected chi connectivity index (χ3v) is 6.19. The molecule has 25 heavy (non-hydrogen) atoms. The van der Waals surface area contributed by atoms with Gasteiger partial charge in [-0.3, -0.25) is 4.79 Å². The highest BCUT2D eigenvalue weighted by atomic mass is 16.5. The van der Waals surface area contributed by atoms with E-state index in [0.29, 0.717) is 38.5 Å². The summed E-state index contributed by atoms with van der Waals surface area (Å²) in [6, 6.07) is 0.146. The lowest BCUT2D eigenvalue weighted by atomic mass is 9.63. The predicted octanol–water partition coefficient (Wildman–Crippen LogP) is 3.11. The second kappa shape index (κ2) is 7.52. The number of hydrogen-bond acceptors (Lipinski definition) is 3. The van der Waals surface area contributed by atoms with Gasteiger partial charge in [0.05, 0.1) is 19.3 Å². The van der Waals surface area contributed by atoms with Crippen molar-refractivity contribution in [3.8, 4) is 0 Å². The highest BCUT2D eigenvalue weighted by Crippen LogP contribution is 2.44. The molecule has 2 aliphatic rings. The van der Waals surface area contributed by atoms with Crippen LogP contribution in [0.2, 0.25) is 0 Å². The van der Waals surface area contributed by atoms with Gasteiger partial charge in [-0.15, -0.1) is 0 Å². The van der Waals surface area contributed by atoms with Crippen LogP contribution in [0.3, 0.4) is 0 Å². The van der Waals surface area contributed by atoms with Gasteiger partial charge in [-0.05, 0) is 37.0 Å². The van der Waals surface area contributed by atoms with Crippen LogP contribution in [0.15, 0.2) is 0 Å². The summed E-state index contributed by atoms with van der Waals surface area (Å²) in [4.78, 5) is 26.4. The third-order valence-electron chi connectivity index (χ3n) is 6.19. The van der Waals surface area contributed by atoms with Crippen molar-refractivity contribution in [1.29, 1.82) is 0 Å². The Bertz CT molecular complexity index is 490. The number of hydrogen-bond donors (Lipinski definition) is 2. The Kier molecular flexibility index (Phi) is 6.02. The van der Waals surface area contributed by atoms with Gasteiger partial charge < -0.3 is 20.1 Å². The van der Waals surface area contributed by atoms with Crippen molar-refractivity contribution >= 4 is 12.0 Å².